The third kappa shape index (κ3) is 6.60. The summed E-state index contributed by atoms with van der Waals surface area (Å²) in [5.41, 5.74) is 0.943. The standard InChI is InChI=1S/C26H29N3O5S/c1-3-18-27-26(31)23-12-8-9-13-24(23)28-25(30)19-29(20-10-6-5-7-11-20)35(32,33)22-16-14-21(15-17-22)34-4-2/h5-17H,3-4,18-19H2,1-2H3,(H,27,31)(H,28,30). The van der Waals surface area contributed by atoms with Gasteiger partial charge in [0.2, 0.25) is 5.91 Å². The van der Waals surface area contributed by atoms with Crippen molar-refractivity contribution in [1.82, 2.24) is 5.32 Å². The zero-order valence-corrected chi connectivity index (χ0v) is 20.5. The maximum absolute atomic E-state index is 13.5. The van der Waals surface area contributed by atoms with E-state index in [1.807, 2.05) is 13.8 Å². The van der Waals surface area contributed by atoms with Gasteiger partial charge in [-0.2, -0.15) is 0 Å². The lowest BCUT2D eigenvalue weighted by Gasteiger charge is -2.24. The molecule has 0 heterocycles. The summed E-state index contributed by atoms with van der Waals surface area (Å²) >= 11 is 0. The van der Waals surface area contributed by atoms with Gasteiger partial charge in [-0.3, -0.25) is 13.9 Å². The van der Waals surface area contributed by atoms with Gasteiger partial charge < -0.3 is 15.4 Å². The molecule has 8 nitrogen and oxygen atoms in total. The molecule has 35 heavy (non-hydrogen) atoms. The Morgan fingerprint density at radius 3 is 2.20 bits per heavy atom. The predicted octanol–water partition coefficient (Wildman–Crippen LogP) is 4.06. The lowest BCUT2D eigenvalue weighted by molar-refractivity contribution is -0.114. The van der Waals surface area contributed by atoms with E-state index in [1.165, 1.54) is 12.1 Å². The Hall–Kier alpha value is -3.85. The molecule has 0 aromatic heterocycles. The van der Waals surface area contributed by atoms with E-state index < -0.39 is 22.5 Å². The molecule has 0 fully saturated rings. The van der Waals surface area contributed by atoms with Gasteiger partial charge in [-0.25, -0.2) is 8.42 Å². The Labute approximate surface area is 206 Å². The number of carbonyl (C=O) groups excluding carboxylic acids is 2. The fourth-order valence-electron chi connectivity index (χ4n) is 3.36. The van der Waals surface area contributed by atoms with E-state index in [9.17, 15) is 18.0 Å². The van der Waals surface area contributed by atoms with Crippen molar-refractivity contribution in [2.24, 2.45) is 0 Å². The third-order valence-electron chi connectivity index (χ3n) is 5.04. The topological polar surface area (TPSA) is 105 Å². The first-order valence-corrected chi connectivity index (χ1v) is 12.8. The Balaban J connectivity index is 1.88. The first kappa shape index (κ1) is 25.8. The molecule has 0 saturated carbocycles. The average molecular weight is 496 g/mol. The molecule has 3 aromatic rings. The minimum absolute atomic E-state index is 0.0250. The first-order chi connectivity index (χ1) is 16.9. The molecule has 9 heteroatoms. The first-order valence-electron chi connectivity index (χ1n) is 11.3. The summed E-state index contributed by atoms with van der Waals surface area (Å²) in [6.07, 6.45) is 0.774. The molecule has 0 atom stereocenters. The fraction of sp³-hybridized carbons (Fsp3) is 0.231. The van der Waals surface area contributed by atoms with Crippen LogP contribution in [0.15, 0.2) is 83.8 Å². The number of ether oxygens (including phenoxy) is 1. The molecular weight excluding hydrogens is 466 g/mol. The van der Waals surface area contributed by atoms with Gasteiger partial charge in [0, 0.05) is 6.54 Å². The van der Waals surface area contributed by atoms with E-state index in [2.05, 4.69) is 10.6 Å². The van der Waals surface area contributed by atoms with Crippen LogP contribution in [-0.2, 0) is 14.8 Å². The molecule has 0 aliphatic heterocycles. The Kier molecular flexibility index (Phi) is 8.86. The van der Waals surface area contributed by atoms with Crippen molar-refractivity contribution >= 4 is 33.2 Å². The van der Waals surface area contributed by atoms with Crippen molar-refractivity contribution in [1.29, 1.82) is 0 Å². The minimum Gasteiger partial charge on any atom is -0.494 e. The van der Waals surface area contributed by atoms with Gasteiger partial charge in [0.1, 0.15) is 12.3 Å². The van der Waals surface area contributed by atoms with Gasteiger partial charge in [0.15, 0.2) is 0 Å². The molecule has 2 N–H and O–H groups in total. The fourth-order valence-corrected chi connectivity index (χ4v) is 4.78. The molecule has 3 rings (SSSR count). The SMILES string of the molecule is CCCNC(=O)c1ccccc1NC(=O)CN(c1ccccc1)S(=O)(=O)c1ccc(OCC)cc1. The number of benzene rings is 3. The molecule has 2 amide bonds. The number of nitrogens with one attached hydrogen (secondary N) is 2. The van der Waals surface area contributed by atoms with Crippen LogP contribution in [0.3, 0.4) is 0 Å². The summed E-state index contributed by atoms with van der Waals surface area (Å²) in [5.74, 6) is -0.350. The third-order valence-corrected chi connectivity index (χ3v) is 6.82. The van der Waals surface area contributed by atoms with Crippen LogP contribution in [0.1, 0.15) is 30.6 Å². The van der Waals surface area contributed by atoms with Crippen LogP contribution in [-0.4, -0.2) is 39.9 Å². The van der Waals surface area contributed by atoms with E-state index in [-0.39, 0.29) is 10.8 Å². The minimum atomic E-state index is -4.07. The Bertz CT molecular complexity index is 1250. The molecular formula is C26H29N3O5S. The van der Waals surface area contributed by atoms with E-state index in [0.29, 0.717) is 35.8 Å². The van der Waals surface area contributed by atoms with Crippen LogP contribution < -0.4 is 19.7 Å². The van der Waals surface area contributed by atoms with Crippen molar-refractivity contribution in [3.63, 3.8) is 0 Å². The van der Waals surface area contributed by atoms with Crippen LogP contribution in [0.4, 0.5) is 11.4 Å². The second-order valence-electron chi connectivity index (χ2n) is 7.60. The highest BCUT2D eigenvalue weighted by atomic mass is 32.2. The smallest absolute Gasteiger partial charge is 0.264 e. The van der Waals surface area contributed by atoms with Gasteiger partial charge in [-0.05, 0) is 61.9 Å². The van der Waals surface area contributed by atoms with Gasteiger partial charge in [-0.15, -0.1) is 0 Å². The normalized spacial score (nSPS) is 10.9. The second kappa shape index (κ2) is 12.0. The van der Waals surface area contributed by atoms with E-state index in [4.69, 9.17) is 4.74 Å². The molecule has 0 spiro atoms. The predicted molar refractivity (Wildman–Crippen MR) is 136 cm³/mol. The van der Waals surface area contributed by atoms with Gasteiger partial charge in [-0.1, -0.05) is 37.3 Å². The number of para-hydroxylation sites is 2. The number of nitrogens with zero attached hydrogens (tertiary/aromatic N) is 1. The lowest BCUT2D eigenvalue weighted by Crippen LogP contribution is -2.38. The van der Waals surface area contributed by atoms with Gasteiger partial charge in [0.05, 0.1) is 28.4 Å². The number of rotatable bonds is 11. The highest BCUT2D eigenvalue weighted by molar-refractivity contribution is 7.92. The van der Waals surface area contributed by atoms with Crippen LogP contribution in [0, 0.1) is 0 Å². The monoisotopic (exact) mass is 495 g/mol. The molecule has 0 saturated heterocycles. The van der Waals surface area contributed by atoms with Crippen LogP contribution in [0.2, 0.25) is 0 Å². The zero-order chi connectivity index (χ0) is 25.3. The van der Waals surface area contributed by atoms with E-state index in [0.717, 1.165) is 10.7 Å². The molecule has 0 radical (unpaired) electrons. The Morgan fingerprint density at radius 1 is 0.886 bits per heavy atom. The highest BCUT2D eigenvalue weighted by Gasteiger charge is 2.27. The van der Waals surface area contributed by atoms with Crippen molar-refractivity contribution in [2.75, 3.05) is 29.3 Å². The van der Waals surface area contributed by atoms with Crippen LogP contribution >= 0.6 is 0 Å². The second-order valence-corrected chi connectivity index (χ2v) is 9.46. The summed E-state index contributed by atoms with van der Waals surface area (Å²) in [4.78, 5) is 25.5. The lowest BCUT2D eigenvalue weighted by atomic mass is 10.1. The number of anilines is 2. The summed E-state index contributed by atoms with van der Waals surface area (Å²) < 4.78 is 33.5. The molecule has 0 bridgehead atoms. The average Bonchev–Trinajstić information content (AvgIpc) is 2.87. The van der Waals surface area contributed by atoms with Crippen molar-refractivity contribution in [3.8, 4) is 5.75 Å². The van der Waals surface area contributed by atoms with Crippen molar-refractivity contribution < 1.29 is 22.7 Å². The highest BCUT2D eigenvalue weighted by Crippen LogP contribution is 2.25. The van der Waals surface area contributed by atoms with Crippen molar-refractivity contribution in [2.45, 2.75) is 25.2 Å². The van der Waals surface area contributed by atoms with Gasteiger partial charge >= 0.3 is 0 Å². The number of amides is 2. The van der Waals surface area contributed by atoms with Crippen molar-refractivity contribution in [3.05, 3.63) is 84.4 Å². The zero-order valence-electron chi connectivity index (χ0n) is 19.7. The molecule has 3 aromatic carbocycles. The van der Waals surface area contributed by atoms with Gasteiger partial charge in [0.25, 0.3) is 15.9 Å². The molecule has 0 aliphatic carbocycles. The van der Waals surface area contributed by atoms with E-state index >= 15 is 0 Å². The number of sulfonamides is 1. The molecule has 0 unspecified atom stereocenters. The van der Waals surface area contributed by atoms with E-state index in [1.54, 1.807) is 66.7 Å². The Morgan fingerprint density at radius 2 is 1.54 bits per heavy atom. The molecule has 184 valence electrons. The number of hydrogen-bond acceptors (Lipinski definition) is 5. The summed E-state index contributed by atoms with van der Waals surface area (Å²) in [6, 6.07) is 21.0. The van der Waals surface area contributed by atoms with Crippen LogP contribution in [0.25, 0.3) is 0 Å². The molecule has 0 aliphatic rings. The number of carbonyl (C=O) groups is 2. The summed E-state index contributed by atoms with van der Waals surface area (Å²) in [5, 5.41) is 5.47. The quantitative estimate of drug-likeness (QED) is 0.417. The maximum Gasteiger partial charge on any atom is 0.264 e. The van der Waals surface area contributed by atoms with Crippen LogP contribution in [0.5, 0.6) is 5.75 Å². The maximum atomic E-state index is 13.5. The summed E-state index contributed by atoms with van der Waals surface area (Å²) in [6.45, 7) is 4.26. The number of hydrogen-bond donors (Lipinski definition) is 2. The largest absolute Gasteiger partial charge is 0.494 e. The summed E-state index contributed by atoms with van der Waals surface area (Å²) in [7, 11) is -4.07.